The molecule has 0 aliphatic heterocycles. The van der Waals surface area contributed by atoms with Crippen LogP contribution in [0.3, 0.4) is 0 Å². The predicted molar refractivity (Wildman–Crippen MR) is 84.1 cm³/mol. The molecular weight excluding hydrogens is 363 g/mol. The molecule has 0 bridgehead atoms. The Kier molecular flexibility index (Phi) is 5.36. The lowest BCUT2D eigenvalue weighted by Gasteiger charge is -2.11. The molecule has 0 unspecified atom stereocenters. The van der Waals surface area contributed by atoms with Gasteiger partial charge >= 0.3 is 17.8 Å². The summed E-state index contributed by atoms with van der Waals surface area (Å²) in [5, 5.41) is 4.36. The number of aromatic nitrogens is 3. The van der Waals surface area contributed by atoms with Gasteiger partial charge < -0.3 is 4.74 Å². The fourth-order valence-corrected chi connectivity index (χ4v) is 2.09. The van der Waals surface area contributed by atoms with Crippen molar-refractivity contribution in [1.82, 2.24) is 14.3 Å². The van der Waals surface area contributed by atoms with Crippen LogP contribution in [0.5, 0.6) is 0 Å². The summed E-state index contributed by atoms with van der Waals surface area (Å²) >= 11 is 5.79. The zero-order valence-electron chi connectivity index (χ0n) is 13.0. The first-order chi connectivity index (χ1) is 11.6. The van der Waals surface area contributed by atoms with Gasteiger partial charge in [-0.25, -0.2) is 9.48 Å². The van der Waals surface area contributed by atoms with Crippen molar-refractivity contribution in [1.29, 1.82) is 0 Å². The van der Waals surface area contributed by atoms with Crippen molar-refractivity contribution in [2.24, 2.45) is 0 Å². The molecule has 0 atom stereocenters. The third-order valence-corrected chi connectivity index (χ3v) is 3.53. The zero-order valence-corrected chi connectivity index (χ0v) is 13.8. The number of alkyl halides is 3. The first-order valence-electron chi connectivity index (χ1n) is 6.89. The van der Waals surface area contributed by atoms with Gasteiger partial charge in [0.05, 0.1) is 13.7 Å². The van der Waals surface area contributed by atoms with Crippen LogP contribution < -0.4 is 5.69 Å². The van der Waals surface area contributed by atoms with E-state index in [0.29, 0.717) is 10.6 Å². The number of nitrogens with zero attached hydrogens (tertiary/aromatic N) is 3. The number of esters is 1. The number of hydrogen-bond acceptors (Lipinski definition) is 4. The normalized spacial score (nSPS) is 11.4. The van der Waals surface area contributed by atoms with Gasteiger partial charge in [-0.05, 0) is 24.3 Å². The highest BCUT2D eigenvalue weighted by Crippen LogP contribution is 2.26. The molecule has 0 fully saturated rings. The molecular formula is C15H13ClF3N3O3. The second-order valence-corrected chi connectivity index (χ2v) is 5.47. The van der Waals surface area contributed by atoms with Gasteiger partial charge in [0.15, 0.2) is 5.82 Å². The molecule has 0 radical (unpaired) electrons. The van der Waals surface area contributed by atoms with Crippen molar-refractivity contribution in [3.05, 3.63) is 51.9 Å². The van der Waals surface area contributed by atoms with E-state index in [9.17, 15) is 22.8 Å². The average molecular weight is 376 g/mol. The third kappa shape index (κ3) is 4.30. The van der Waals surface area contributed by atoms with Crippen LogP contribution in [0.15, 0.2) is 41.2 Å². The maximum Gasteiger partial charge on any atom is 0.413 e. The smallest absolute Gasteiger partial charge is 0.413 e. The van der Waals surface area contributed by atoms with Crippen LogP contribution in [0.4, 0.5) is 13.2 Å². The van der Waals surface area contributed by atoms with Gasteiger partial charge in [0.2, 0.25) is 0 Å². The van der Waals surface area contributed by atoms with Crippen molar-refractivity contribution in [2.45, 2.75) is 19.3 Å². The van der Waals surface area contributed by atoms with Crippen molar-refractivity contribution < 1.29 is 22.7 Å². The van der Waals surface area contributed by atoms with Crippen LogP contribution in [0.1, 0.15) is 0 Å². The van der Waals surface area contributed by atoms with Gasteiger partial charge in [0.1, 0.15) is 6.54 Å². The average Bonchev–Trinajstić information content (AvgIpc) is 2.84. The minimum atomic E-state index is -4.67. The van der Waals surface area contributed by atoms with Crippen LogP contribution in [0, 0.1) is 0 Å². The van der Waals surface area contributed by atoms with E-state index in [2.05, 4.69) is 16.4 Å². The van der Waals surface area contributed by atoms with Gasteiger partial charge in [-0.1, -0.05) is 18.2 Å². The summed E-state index contributed by atoms with van der Waals surface area (Å²) in [5.41, 5.74) is -1.65. The minimum absolute atomic E-state index is 0.0454. The van der Waals surface area contributed by atoms with Gasteiger partial charge in [0.25, 0.3) is 0 Å². The summed E-state index contributed by atoms with van der Waals surface area (Å²) in [5.74, 6) is -0.806. The lowest BCUT2D eigenvalue weighted by atomic mass is 10.2. The van der Waals surface area contributed by atoms with E-state index in [1.165, 1.54) is 24.3 Å². The summed E-state index contributed by atoms with van der Waals surface area (Å²) < 4.78 is 44.4. The van der Waals surface area contributed by atoms with E-state index in [-0.39, 0.29) is 5.82 Å². The molecule has 1 aromatic heterocycles. The molecule has 0 N–H and O–H groups in total. The molecule has 1 aromatic carbocycles. The molecule has 0 saturated heterocycles. The van der Waals surface area contributed by atoms with E-state index in [1.54, 1.807) is 0 Å². The highest BCUT2D eigenvalue weighted by Gasteiger charge is 2.33. The fourth-order valence-electron chi connectivity index (χ4n) is 1.97. The number of carbonyl (C=O) groups excluding carboxylic acids is 1. The van der Waals surface area contributed by atoms with E-state index in [4.69, 9.17) is 11.6 Å². The quantitative estimate of drug-likeness (QED) is 0.595. The molecule has 25 heavy (non-hydrogen) atoms. The molecule has 2 rings (SSSR count). The Labute approximate surface area is 145 Å². The van der Waals surface area contributed by atoms with E-state index in [0.717, 1.165) is 16.4 Å². The first kappa shape index (κ1) is 18.8. The molecule has 0 spiro atoms. The second-order valence-electron chi connectivity index (χ2n) is 5.03. The zero-order chi connectivity index (χ0) is 18.8. The van der Waals surface area contributed by atoms with Crippen LogP contribution in [-0.2, 0) is 22.6 Å². The number of allylic oxidation sites excluding steroid dienone is 1. The van der Waals surface area contributed by atoms with Crippen molar-refractivity contribution in [3.8, 4) is 11.4 Å². The second kappa shape index (κ2) is 7.14. The molecule has 0 amide bonds. The lowest BCUT2D eigenvalue weighted by molar-refractivity contribution is -0.141. The maximum absolute atomic E-state index is 12.8. The van der Waals surface area contributed by atoms with E-state index >= 15 is 0 Å². The molecule has 134 valence electrons. The van der Waals surface area contributed by atoms with Crippen molar-refractivity contribution in [2.75, 3.05) is 7.11 Å². The Balaban J connectivity index is 2.53. The number of hydrogen-bond donors (Lipinski definition) is 0. The Morgan fingerprint density at radius 3 is 2.40 bits per heavy atom. The third-order valence-electron chi connectivity index (χ3n) is 3.28. The Bertz CT molecular complexity index is 854. The lowest BCUT2D eigenvalue weighted by Crippen LogP contribution is -2.30. The fraction of sp³-hybridized carbons (Fsp3) is 0.267. The largest absolute Gasteiger partial charge is 0.468 e. The summed E-state index contributed by atoms with van der Waals surface area (Å²) in [7, 11) is 1.12. The summed E-state index contributed by atoms with van der Waals surface area (Å²) in [6.45, 7) is 1.62. The number of ether oxygens (including phenoxy) is 1. The molecule has 1 heterocycles. The standard InChI is InChI=1S/C15H13ClF3N3O3/c1-9(15(17,18)19)7-21-13(10-3-5-11(16)6-4-10)20-22(14(21)24)8-12(23)25-2/h3-6H,1,7-8H2,2H3. The van der Waals surface area contributed by atoms with Crippen molar-refractivity contribution >= 4 is 17.6 Å². The highest BCUT2D eigenvalue weighted by atomic mass is 35.5. The molecule has 0 aliphatic carbocycles. The number of carbonyl (C=O) groups is 1. The monoisotopic (exact) mass is 375 g/mol. The van der Waals surface area contributed by atoms with Crippen LogP contribution in [0.25, 0.3) is 11.4 Å². The summed E-state index contributed by atoms with van der Waals surface area (Å²) in [4.78, 5) is 23.7. The van der Waals surface area contributed by atoms with Crippen molar-refractivity contribution in [3.63, 3.8) is 0 Å². The van der Waals surface area contributed by atoms with Gasteiger partial charge in [-0.2, -0.15) is 13.2 Å². The topological polar surface area (TPSA) is 66.1 Å². The SMILES string of the molecule is C=C(Cn1c(-c2ccc(Cl)cc2)nn(CC(=O)OC)c1=O)C(F)(F)F. The number of rotatable bonds is 5. The van der Waals surface area contributed by atoms with E-state index in [1.807, 2.05) is 0 Å². The number of benzene rings is 1. The number of methoxy groups -OCH3 is 1. The minimum Gasteiger partial charge on any atom is -0.468 e. The Morgan fingerprint density at radius 2 is 1.88 bits per heavy atom. The molecule has 6 nitrogen and oxygen atoms in total. The predicted octanol–water partition coefficient (Wildman–Crippen LogP) is 2.66. The molecule has 10 heteroatoms. The van der Waals surface area contributed by atoms with Crippen LogP contribution >= 0.6 is 11.6 Å². The molecule has 0 aliphatic rings. The number of halogens is 4. The maximum atomic E-state index is 12.8. The Morgan fingerprint density at radius 1 is 1.28 bits per heavy atom. The summed E-state index contributed by atoms with van der Waals surface area (Å²) in [6.07, 6.45) is -4.67. The first-order valence-corrected chi connectivity index (χ1v) is 7.26. The van der Waals surface area contributed by atoms with E-state index < -0.39 is 36.5 Å². The van der Waals surface area contributed by atoms with Gasteiger partial charge in [-0.3, -0.25) is 9.36 Å². The highest BCUT2D eigenvalue weighted by molar-refractivity contribution is 6.30. The Hall–Kier alpha value is -2.55. The van der Waals surface area contributed by atoms with Gasteiger partial charge in [-0.15, -0.1) is 5.10 Å². The summed E-state index contributed by atoms with van der Waals surface area (Å²) in [6, 6.07) is 6.01. The van der Waals surface area contributed by atoms with Crippen LogP contribution in [-0.4, -0.2) is 33.6 Å². The molecule has 0 saturated carbocycles. The van der Waals surface area contributed by atoms with Gasteiger partial charge in [0, 0.05) is 16.2 Å². The van der Waals surface area contributed by atoms with Crippen LogP contribution in [0.2, 0.25) is 5.02 Å². The molecule has 2 aromatic rings.